The highest BCUT2D eigenvalue weighted by Gasteiger charge is 2.20. The van der Waals surface area contributed by atoms with Crippen LogP contribution in [0.2, 0.25) is 5.02 Å². The predicted molar refractivity (Wildman–Crippen MR) is 65.5 cm³/mol. The second-order valence-corrected chi connectivity index (χ2v) is 4.52. The van der Waals surface area contributed by atoms with Gasteiger partial charge in [-0.05, 0) is 18.6 Å². The third-order valence-electron chi connectivity index (χ3n) is 3.06. The summed E-state index contributed by atoms with van der Waals surface area (Å²) in [7, 11) is 0. The summed E-state index contributed by atoms with van der Waals surface area (Å²) < 4.78 is 6.91. The van der Waals surface area contributed by atoms with Gasteiger partial charge < -0.3 is 4.74 Å². The number of aromatic nitrogens is 2. The van der Waals surface area contributed by atoms with Gasteiger partial charge in [0.15, 0.2) is 0 Å². The first-order valence-electron chi connectivity index (χ1n) is 5.50. The Bertz CT molecular complexity index is 617. The quantitative estimate of drug-likeness (QED) is 0.778. The molecule has 1 fully saturated rings. The molecule has 5 heteroatoms. The van der Waals surface area contributed by atoms with Crippen molar-refractivity contribution in [1.82, 2.24) is 9.55 Å². The van der Waals surface area contributed by atoms with Crippen molar-refractivity contribution in [2.75, 3.05) is 13.2 Å². The smallest absolute Gasteiger partial charge is 0.263 e. The topological polar surface area (TPSA) is 44.1 Å². The van der Waals surface area contributed by atoms with Crippen molar-refractivity contribution in [2.24, 2.45) is 0 Å². The lowest BCUT2D eigenvalue weighted by Crippen LogP contribution is -2.25. The molecule has 17 heavy (non-hydrogen) atoms. The molecule has 1 aliphatic heterocycles. The Hall–Kier alpha value is -1.39. The third-order valence-corrected chi connectivity index (χ3v) is 3.38. The van der Waals surface area contributed by atoms with Gasteiger partial charge in [-0.1, -0.05) is 17.7 Å². The highest BCUT2D eigenvalue weighted by molar-refractivity contribution is 6.35. The van der Waals surface area contributed by atoms with Gasteiger partial charge in [-0.2, -0.15) is 0 Å². The first-order valence-corrected chi connectivity index (χ1v) is 5.88. The summed E-state index contributed by atoms with van der Waals surface area (Å²) in [6, 6.07) is 5.37. The minimum absolute atomic E-state index is 0.0793. The number of hydrogen-bond donors (Lipinski definition) is 0. The van der Waals surface area contributed by atoms with Crippen molar-refractivity contribution in [3.05, 3.63) is 39.9 Å². The number of benzene rings is 1. The fraction of sp³-hybridized carbons (Fsp3) is 0.333. The van der Waals surface area contributed by atoms with E-state index in [1.807, 2.05) is 0 Å². The van der Waals surface area contributed by atoms with Crippen LogP contribution in [0.5, 0.6) is 0 Å². The molecule has 0 spiro atoms. The SMILES string of the molecule is O=c1c2c(Cl)cccc2ncn1C1CCOC1. The summed E-state index contributed by atoms with van der Waals surface area (Å²) in [4.78, 5) is 16.6. The maximum absolute atomic E-state index is 12.3. The third kappa shape index (κ3) is 1.73. The summed E-state index contributed by atoms with van der Waals surface area (Å²) in [5, 5.41) is 0.942. The normalized spacial score (nSPS) is 19.9. The van der Waals surface area contributed by atoms with Crippen LogP contribution in [-0.2, 0) is 4.74 Å². The molecule has 4 nitrogen and oxygen atoms in total. The zero-order valence-corrected chi connectivity index (χ0v) is 9.85. The Kier molecular flexibility index (Phi) is 2.61. The molecule has 2 aromatic rings. The summed E-state index contributed by atoms with van der Waals surface area (Å²) in [5.41, 5.74) is 0.550. The Labute approximate surface area is 103 Å². The van der Waals surface area contributed by atoms with Gasteiger partial charge in [-0.15, -0.1) is 0 Å². The molecule has 0 saturated carbocycles. The Morgan fingerprint density at radius 2 is 2.35 bits per heavy atom. The number of hydrogen-bond acceptors (Lipinski definition) is 3. The van der Waals surface area contributed by atoms with Gasteiger partial charge in [0.1, 0.15) is 0 Å². The first kappa shape index (κ1) is 10.7. The monoisotopic (exact) mass is 250 g/mol. The Morgan fingerprint density at radius 3 is 3.12 bits per heavy atom. The Balaban J connectivity index is 2.25. The molecule has 0 amide bonds. The molecule has 1 aliphatic rings. The predicted octanol–water partition coefficient (Wildman–Crippen LogP) is 2.01. The largest absolute Gasteiger partial charge is 0.379 e. The molecule has 1 saturated heterocycles. The average molecular weight is 251 g/mol. The van der Waals surface area contributed by atoms with Gasteiger partial charge in [0.2, 0.25) is 0 Å². The second-order valence-electron chi connectivity index (χ2n) is 4.11. The molecule has 0 radical (unpaired) electrons. The first-order chi connectivity index (χ1) is 8.27. The fourth-order valence-corrected chi connectivity index (χ4v) is 2.39. The van der Waals surface area contributed by atoms with Crippen LogP contribution in [0, 0.1) is 0 Å². The lowest BCUT2D eigenvalue weighted by Gasteiger charge is -2.12. The average Bonchev–Trinajstić information content (AvgIpc) is 2.83. The van der Waals surface area contributed by atoms with E-state index in [9.17, 15) is 4.79 Å². The fourth-order valence-electron chi connectivity index (χ4n) is 2.14. The number of halogens is 1. The van der Waals surface area contributed by atoms with E-state index in [1.165, 1.54) is 0 Å². The molecule has 88 valence electrons. The van der Waals surface area contributed by atoms with E-state index < -0.39 is 0 Å². The molecule has 0 N–H and O–H groups in total. The van der Waals surface area contributed by atoms with Crippen LogP contribution < -0.4 is 5.56 Å². The lowest BCUT2D eigenvalue weighted by atomic mass is 10.2. The van der Waals surface area contributed by atoms with Gasteiger partial charge in [0.05, 0.1) is 34.9 Å². The molecular formula is C12H11ClN2O2. The number of rotatable bonds is 1. The summed E-state index contributed by atoms with van der Waals surface area (Å²) >= 11 is 6.06. The van der Waals surface area contributed by atoms with E-state index in [1.54, 1.807) is 29.1 Å². The van der Waals surface area contributed by atoms with Crippen LogP contribution in [0.25, 0.3) is 10.9 Å². The van der Waals surface area contributed by atoms with Crippen LogP contribution in [0.1, 0.15) is 12.5 Å². The zero-order chi connectivity index (χ0) is 11.8. The molecule has 2 heterocycles. The standard InChI is InChI=1S/C12H11ClN2O2/c13-9-2-1-3-10-11(9)12(16)15(7-14-10)8-4-5-17-6-8/h1-3,7-8H,4-6H2. The minimum Gasteiger partial charge on any atom is -0.379 e. The maximum Gasteiger partial charge on any atom is 0.263 e. The minimum atomic E-state index is -0.0869. The van der Waals surface area contributed by atoms with Crippen molar-refractivity contribution in [1.29, 1.82) is 0 Å². The van der Waals surface area contributed by atoms with Crippen molar-refractivity contribution in [3.63, 3.8) is 0 Å². The summed E-state index contributed by atoms with van der Waals surface area (Å²) in [6.07, 6.45) is 2.43. The van der Waals surface area contributed by atoms with E-state index in [0.29, 0.717) is 29.1 Å². The molecule has 3 rings (SSSR count). The van der Waals surface area contributed by atoms with Crippen LogP contribution >= 0.6 is 11.6 Å². The molecule has 1 aromatic heterocycles. The van der Waals surface area contributed by atoms with Gasteiger partial charge >= 0.3 is 0 Å². The number of nitrogens with zero attached hydrogens (tertiary/aromatic N) is 2. The van der Waals surface area contributed by atoms with Gasteiger partial charge in [0, 0.05) is 6.61 Å². The van der Waals surface area contributed by atoms with Crippen LogP contribution in [0.4, 0.5) is 0 Å². The molecule has 1 unspecified atom stereocenters. The Morgan fingerprint density at radius 1 is 1.47 bits per heavy atom. The molecule has 0 aliphatic carbocycles. The zero-order valence-electron chi connectivity index (χ0n) is 9.10. The summed E-state index contributed by atoms with van der Waals surface area (Å²) in [5.74, 6) is 0. The number of fused-ring (bicyclic) bond motifs is 1. The van der Waals surface area contributed by atoms with Crippen molar-refractivity contribution >= 4 is 22.5 Å². The van der Waals surface area contributed by atoms with Gasteiger partial charge in [-0.3, -0.25) is 9.36 Å². The van der Waals surface area contributed by atoms with Crippen molar-refractivity contribution < 1.29 is 4.74 Å². The van der Waals surface area contributed by atoms with Crippen molar-refractivity contribution in [2.45, 2.75) is 12.5 Å². The van der Waals surface area contributed by atoms with E-state index in [0.717, 1.165) is 6.42 Å². The van der Waals surface area contributed by atoms with Crippen molar-refractivity contribution in [3.8, 4) is 0 Å². The molecule has 0 bridgehead atoms. The van der Waals surface area contributed by atoms with Gasteiger partial charge in [-0.25, -0.2) is 4.98 Å². The molecule has 1 atom stereocenters. The summed E-state index contributed by atoms with van der Waals surface area (Å²) in [6.45, 7) is 1.26. The van der Waals surface area contributed by atoms with Gasteiger partial charge in [0.25, 0.3) is 5.56 Å². The highest BCUT2D eigenvalue weighted by atomic mass is 35.5. The lowest BCUT2D eigenvalue weighted by molar-refractivity contribution is 0.186. The van der Waals surface area contributed by atoms with Crippen LogP contribution in [0.15, 0.2) is 29.3 Å². The highest BCUT2D eigenvalue weighted by Crippen LogP contribution is 2.21. The molecule has 1 aromatic carbocycles. The van der Waals surface area contributed by atoms with E-state index >= 15 is 0 Å². The van der Waals surface area contributed by atoms with Crippen LogP contribution in [-0.4, -0.2) is 22.8 Å². The maximum atomic E-state index is 12.3. The number of ether oxygens (including phenoxy) is 1. The van der Waals surface area contributed by atoms with E-state index in [2.05, 4.69) is 4.98 Å². The second kappa shape index (κ2) is 4.13. The van der Waals surface area contributed by atoms with E-state index in [-0.39, 0.29) is 11.6 Å². The molecular weight excluding hydrogens is 240 g/mol. The van der Waals surface area contributed by atoms with Crippen LogP contribution in [0.3, 0.4) is 0 Å². The van der Waals surface area contributed by atoms with E-state index in [4.69, 9.17) is 16.3 Å².